The molecule has 0 spiro atoms. The summed E-state index contributed by atoms with van der Waals surface area (Å²) < 4.78 is 1.17. The molecule has 0 atom stereocenters. The zero-order chi connectivity index (χ0) is 20.6. The Bertz CT molecular complexity index is 1450. The van der Waals surface area contributed by atoms with Crippen LogP contribution < -0.4 is 0 Å². The van der Waals surface area contributed by atoms with Gasteiger partial charge in [-0.1, -0.05) is 72.8 Å². The van der Waals surface area contributed by atoms with Crippen molar-refractivity contribution in [1.82, 2.24) is 15.0 Å². The summed E-state index contributed by atoms with van der Waals surface area (Å²) in [5, 5.41) is 5.06. The summed E-state index contributed by atoms with van der Waals surface area (Å²) in [6.45, 7) is 0. The predicted octanol–water partition coefficient (Wildman–Crippen LogP) is 7.88. The molecule has 148 valence electrons. The van der Waals surface area contributed by atoms with E-state index in [9.17, 15) is 0 Å². The Morgan fingerprint density at radius 1 is 0.548 bits per heavy atom. The van der Waals surface area contributed by atoms with Crippen LogP contribution in [0.4, 0.5) is 0 Å². The minimum atomic E-state index is 0.912. The molecule has 6 aromatic rings. The van der Waals surface area contributed by atoms with Gasteiger partial charge in [0, 0.05) is 16.5 Å². The lowest BCUT2D eigenvalue weighted by Crippen LogP contribution is -1.82. The Labute approximate surface area is 191 Å². The lowest BCUT2D eigenvalue weighted by Gasteiger charge is -1.96. The van der Waals surface area contributed by atoms with Crippen molar-refractivity contribution < 1.29 is 0 Å². The maximum absolute atomic E-state index is 5.04. The van der Waals surface area contributed by atoms with Gasteiger partial charge in [-0.15, -0.1) is 34.0 Å². The van der Waals surface area contributed by atoms with Gasteiger partial charge in [0.25, 0.3) is 0 Å². The third-order valence-corrected chi connectivity index (χ3v) is 7.96. The molecule has 3 aromatic heterocycles. The quantitative estimate of drug-likeness (QED) is 0.272. The average molecular weight is 454 g/mol. The van der Waals surface area contributed by atoms with Crippen molar-refractivity contribution in [2.24, 2.45) is 0 Å². The van der Waals surface area contributed by atoms with Crippen molar-refractivity contribution in [2.45, 2.75) is 0 Å². The molecule has 31 heavy (non-hydrogen) atoms. The van der Waals surface area contributed by atoms with E-state index in [1.165, 1.54) is 4.70 Å². The van der Waals surface area contributed by atoms with Crippen molar-refractivity contribution in [2.75, 3.05) is 0 Å². The Balaban J connectivity index is 1.52. The smallest absolute Gasteiger partial charge is 0.144 e. The van der Waals surface area contributed by atoms with Crippen LogP contribution in [0.1, 0.15) is 0 Å². The molecule has 0 amide bonds. The molecule has 0 aliphatic carbocycles. The molecule has 3 aromatic carbocycles. The summed E-state index contributed by atoms with van der Waals surface area (Å²) in [5.41, 5.74) is 5.12. The molecule has 6 rings (SSSR count). The van der Waals surface area contributed by atoms with E-state index < -0.39 is 0 Å². The van der Waals surface area contributed by atoms with Crippen LogP contribution in [0, 0.1) is 0 Å². The molecular formula is C25H15N3S3. The topological polar surface area (TPSA) is 38.7 Å². The van der Waals surface area contributed by atoms with Crippen LogP contribution in [0.3, 0.4) is 0 Å². The fourth-order valence-electron chi connectivity index (χ4n) is 3.41. The molecule has 6 heteroatoms. The van der Waals surface area contributed by atoms with Gasteiger partial charge < -0.3 is 0 Å². The summed E-state index contributed by atoms with van der Waals surface area (Å²) in [6, 6.07) is 28.9. The van der Waals surface area contributed by atoms with E-state index in [0.29, 0.717) is 0 Å². The van der Waals surface area contributed by atoms with Crippen LogP contribution in [-0.2, 0) is 0 Å². The molecule has 0 saturated carbocycles. The van der Waals surface area contributed by atoms with E-state index in [1.54, 1.807) is 34.0 Å². The number of para-hydroxylation sites is 1. The van der Waals surface area contributed by atoms with Crippen LogP contribution >= 0.6 is 34.0 Å². The highest BCUT2D eigenvalue weighted by Gasteiger charge is 2.21. The van der Waals surface area contributed by atoms with E-state index >= 15 is 0 Å². The number of benzene rings is 3. The molecular weight excluding hydrogens is 438 g/mol. The molecule has 0 aliphatic heterocycles. The lowest BCUT2D eigenvalue weighted by molar-refractivity contribution is 1.35. The van der Waals surface area contributed by atoms with Crippen molar-refractivity contribution in [3.8, 4) is 42.4 Å². The Hall–Kier alpha value is -3.19. The highest BCUT2D eigenvalue weighted by Crippen LogP contribution is 2.43. The second-order valence-electron chi connectivity index (χ2n) is 6.95. The molecule has 0 unspecified atom stereocenters. The molecule has 0 radical (unpaired) electrons. The maximum atomic E-state index is 5.04. The van der Waals surface area contributed by atoms with Gasteiger partial charge in [-0.3, -0.25) is 0 Å². The van der Waals surface area contributed by atoms with E-state index in [4.69, 9.17) is 15.0 Å². The van der Waals surface area contributed by atoms with Crippen molar-refractivity contribution in [3.63, 3.8) is 0 Å². The molecule has 3 heterocycles. The second-order valence-corrected chi connectivity index (χ2v) is 9.84. The van der Waals surface area contributed by atoms with Gasteiger partial charge in [-0.25, -0.2) is 15.0 Å². The van der Waals surface area contributed by atoms with Crippen LogP contribution in [0.15, 0.2) is 90.3 Å². The first-order chi connectivity index (χ1) is 15.3. The SMILES string of the molecule is c1ccc(-c2nc(-c3sc(-c4ccccc4)nc3-c3nc4ccccc4s3)cs2)cc1. The van der Waals surface area contributed by atoms with Crippen molar-refractivity contribution >= 4 is 44.2 Å². The molecule has 0 fully saturated rings. The van der Waals surface area contributed by atoms with Crippen molar-refractivity contribution in [3.05, 3.63) is 90.3 Å². The normalized spacial score (nSPS) is 11.2. The Kier molecular flexibility index (Phi) is 4.68. The van der Waals surface area contributed by atoms with Gasteiger partial charge in [0.2, 0.25) is 0 Å². The minimum Gasteiger partial charge on any atom is -0.235 e. The predicted molar refractivity (Wildman–Crippen MR) is 133 cm³/mol. The van der Waals surface area contributed by atoms with Gasteiger partial charge in [0.05, 0.1) is 20.8 Å². The summed E-state index contributed by atoms with van der Waals surface area (Å²) in [6.07, 6.45) is 0. The first-order valence-corrected chi connectivity index (χ1v) is 12.3. The maximum Gasteiger partial charge on any atom is 0.144 e. The van der Waals surface area contributed by atoms with Gasteiger partial charge >= 0.3 is 0 Å². The highest BCUT2D eigenvalue weighted by atomic mass is 32.1. The Morgan fingerprint density at radius 2 is 1.23 bits per heavy atom. The molecule has 0 bridgehead atoms. The number of thiazole rings is 3. The average Bonchev–Trinajstić information content (AvgIpc) is 3.57. The molecule has 0 saturated heterocycles. The number of rotatable bonds is 4. The molecule has 0 aliphatic rings. The summed E-state index contributed by atoms with van der Waals surface area (Å²) in [4.78, 5) is 15.9. The van der Waals surface area contributed by atoms with Gasteiger partial charge in [0.1, 0.15) is 20.7 Å². The number of nitrogens with zero attached hydrogens (tertiary/aromatic N) is 3. The number of hydrogen-bond acceptors (Lipinski definition) is 6. The highest BCUT2D eigenvalue weighted by molar-refractivity contribution is 7.23. The first-order valence-electron chi connectivity index (χ1n) is 9.79. The summed E-state index contributed by atoms with van der Waals surface area (Å²) >= 11 is 5.02. The van der Waals surface area contributed by atoms with Crippen molar-refractivity contribution in [1.29, 1.82) is 0 Å². The standard InChI is InChI=1S/C25H15N3S3/c1-3-9-16(10-4-1)23-27-19(15-29-23)22-21(25-26-18-13-7-8-14-20(18)30-25)28-24(31-22)17-11-5-2-6-12-17/h1-15H. The lowest BCUT2D eigenvalue weighted by atomic mass is 10.2. The third-order valence-electron chi connectivity index (χ3n) is 4.90. The fraction of sp³-hybridized carbons (Fsp3) is 0. The van der Waals surface area contributed by atoms with Gasteiger partial charge in [-0.05, 0) is 12.1 Å². The molecule has 0 N–H and O–H groups in total. The van der Waals surface area contributed by atoms with E-state index in [2.05, 4.69) is 41.8 Å². The van der Waals surface area contributed by atoms with Gasteiger partial charge in [0.15, 0.2) is 0 Å². The fourth-order valence-corrected chi connectivity index (χ4v) is 6.36. The third kappa shape index (κ3) is 3.49. The van der Waals surface area contributed by atoms with Crippen LogP contribution in [0.5, 0.6) is 0 Å². The number of aromatic nitrogens is 3. The van der Waals surface area contributed by atoms with E-state index in [1.807, 2.05) is 48.5 Å². The number of fused-ring (bicyclic) bond motifs is 1. The first kappa shape index (κ1) is 18.6. The largest absolute Gasteiger partial charge is 0.235 e. The van der Waals surface area contributed by atoms with Crippen LogP contribution in [0.2, 0.25) is 0 Å². The minimum absolute atomic E-state index is 0.912. The Morgan fingerprint density at radius 3 is 1.97 bits per heavy atom. The second kappa shape index (κ2) is 7.81. The monoisotopic (exact) mass is 453 g/mol. The zero-order valence-corrected chi connectivity index (χ0v) is 18.7. The van der Waals surface area contributed by atoms with Gasteiger partial charge in [-0.2, -0.15) is 0 Å². The molecule has 3 nitrogen and oxygen atoms in total. The summed E-state index contributed by atoms with van der Waals surface area (Å²) in [7, 11) is 0. The zero-order valence-electron chi connectivity index (χ0n) is 16.2. The van der Waals surface area contributed by atoms with E-state index in [0.717, 1.165) is 47.9 Å². The summed E-state index contributed by atoms with van der Waals surface area (Å²) in [5.74, 6) is 0. The van der Waals surface area contributed by atoms with Crippen LogP contribution in [0.25, 0.3) is 52.6 Å². The van der Waals surface area contributed by atoms with E-state index in [-0.39, 0.29) is 0 Å². The van der Waals surface area contributed by atoms with Crippen LogP contribution in [-0.4, -0.2) is 15.0 Å². The number of hydrogen-bond donors (Lipinski definition) is 0.